The lowest BCUT2D eigenvalue weighted by atomic mass is 9.99. The topological polar surface area (TPSA) is 71.4 Å². The third kappa shape index (κ3) is 2.37. The summed E-state index contributed by atoms with van der Waals surface area (Å²) in [6, 6.07) is 15.5. The van der Waals surface area contributed by atoms with Gasteiger partial charge in [0.25, 0.3) is 4.93 Å². The van der Waals surface area contributed by atoms with Crippen molar-refractivity contribution in [2.24, 2.45) is 0 Å². The van der Waals surface area contributed by atoms with Crippen molar-refractivity contribution in [2.45, 2.75) is 4.93 Å². The number of carbonyl (C=O) groups is 1. The molecule has 2 rings (SSSR count). The minimum absolute atomic E-state index is 0.0383. The van der Waals surface area contributed by atoms with Crippen LogP contribution in [0.4, 0.5) is 0 Å². The van der Waals surface area contributed by atoms with Crippen LogP contribution in [0.2, 0.25) is 0 Å². The van der Waals surface area contributed by atoms with Gasteiger partial charge in [-0.05, 0) is 0 Å². The highest BCUT2D eigenvalue weighted by atomic mass is 32.2. The molecule has 1 N–H and O–H groups in total. The average Bonchev–Trinajstić information content (AvgIpc) is 2.46. The van der Waals surface area contributed by atoms with E-state index in [1.54, 1.807) is 36.4 Å². The predicted octanol–water partition coefficient (Wildman–Crippen LogP) is 1.76. The van der Waals surface area contributed by atoms with E-state index in [0.717, 1.165) is 6.26 Å². The summed E-state index contributed by atoms with van der Waals surface area (Å²) in [4.78, 5) is 9.91. The van der Waals surface area contributed by atoms with Gasteiger partial charge >= 0.3 is 0 Å². The molecule has 0 heterocycles. The Morgan fingerprint density at radius 3 is 1.85 bits per heavy atom. The maximum absolute atomic E-state index is 12.5. The summed E-state index contributed by atoms with van der Waals surface area (Å²) in [5.74, 6) is -0.855. The van der Waals surface area contributed by atoms with Crippen molar-refractivity contribution in [3.8, 4) is 0 Å². The van der Waals surface area contributed by atoms with Gasteiger partial charge in [0.15, 0.2) is 9.84 Å². The third-order valence-corrected chi connectivity index (χ3v) is 4.54. The number of carbonyl (C=O) groups excluding carboxylic acids is 1. The van der Waals surface area contributed by atoms with Crippen LogP contribution in [0.3, 0.4) is 0 Å². The van der Waals surface area contributed by atoms with Crippen LogP contribution in [0.5, 0.6) is 0 Å². The SMILES string of the molecule is CS(=O)(=O)C(O)(C(=O)c1ccccc1)c1ccccc1. The second-order valence-electron chi connectivity index (χ2n) is 4.48. The number of ketones is 1. The van der Waals surface area contributed by atoms with E-state index in [0.29, 0.717) is 0 Å². The van der Waals surface area contributed by atoms with Gasteiger partial charge in [0.1, 0.15) is 0 Å². The molecule has 0 spiro atoms. The second kappa shape index (κ2) is 5.19. The Morgan fingerprint density at radius 2 is 1.40 bits per heavy atom. The molecule has 0 amide bonds. The molecule has 0 aliphatic heterocycles. The Balaban J connectivity index is 2.64. The quantitative estimate of drug-likeness (QED) is 0.871. The molecule has 104 valence electrons. The zero-order chi connectivity index (χ0) is 14.8. The normalized spacial score (nSPS) is 14.5. The Labute approximate surface area is 117 Å². The van der Waals surface area contributed by atoms with E-state index in [1.165, 1.54) is 24.3 Å². The Hall–Kier alpha value is -1.98. The molecule has 0 radical (unpaired) electrons. The summed E-state index contributed by atoms with van der Waals surface area (Å²) >= 11 is 0. The third-order valence-electron chi connectivity index (χ3n) is 3.05. The maximum Gasteiger partial charge on any atom is 0.255 e. The first-order chi connectivity index (χ1) is 9.37. The fourth-order valence-corrected chi connectivity index (χ4v) is 2.98. The van der Waals surface area contributed by atoms with Crippen LogP contribution in [0.1, 0.15) is 15.9 Å². The molecule has 2 aromatic rings. The van der Waals surface area contributed by atoms with E-state index >= 15 is 0 Å². The van der Waals surface area contributed by atoms with E-state index in [4.69, 9.17) is 0 Å². The van der Waals surface area contributed by atoms with E-state index in [-0.39, 0.29) is 11.1 Å². The molecule has 0 aromatic heterocycles. The fourth-order valence-electron chi connectivity index (χ4n) is 1.96. The van der Waals surface area contributed by atoms with Crippen LogP contribution in [-0.4, -0.2) is 25.6 Å². The molecule has 0 aliphatic rings. The first kappa shape index (κ1) is 14.4. The van der Waals surface area contributed by atoms with Gasteiger partial charge in [-0.15, -0.1) is 0 Å². The minimum Gasteiger partial charge on any atom is -0.365 e. The van der Waals surface area contributed by atoms with Gasteiger partial charge in [0, 0.05) is 17.4 Å². The van der Waals surface area contributed by atoms with Crippen molar-refractivity contribution in [3.05, 3.63) is 71.8 Å². The van der Waals surface area contributed by atoms with Crippen molar-refractivity contribution in [3.63, 3.8) is 0 Å². The molecule has 0 saturated carbocycles. The van der Waals surface area contributed by atoms with Crippen LogP contribution < -0.4 is 0 Å². The highest BCUT2D eigenvalue weighted by molar-refractivity contribution is 7.92. The smallest absolute Gasteiger partial charge is 0.255 e. The monoisotopic (exact) mass is 290 g/mol. The number of Topliss-reactive ketones (excluding diaryl/α,β-unsaturated/α-hetero) is 1. The molecular formula is C15H14O4S. The predicted molar refractivity (Wildman–Crippen MR) is 76.0 cm³/mol. The second-order valence-corrected chi connectivity index (χ2v) is 6.61. The number of benzene rings is 2. The van der Waals surface area contributed by atoms with Crippen molar-refractivity contribution in [2.75, 3.05) is 6.26 Å². The number of hydrogen-bond donors (Lipinski definition) is 1. The summed E-state index contributed by atoms with van der Waals surface area (Å²) in [6.07, 6.45) is 0.848. The molecular weight excluding hydrogens is 276 g/mol. The molecule has 5 heteroatoms. The lowest BCUT2D eigenvalue weighted by Gasteiger charge is -2.25. The van der Waals surface area contributed by atoms with Gasteiger partial charge in [0.2, 0.25) is 5.78 Å². The summed E-state index contributed by atoms with van der Waals surface area (Å²) < 4.78 is 24.0. The molecule has 0 bridgehead atoms. The summed E-state index contributed by atoms with van der Waals surface area (Å²) in [5, 5.41) is 10.6. The first-order valence-electron chi connectivity index (χ1n) is 5.94. The number of aliphatic hydroxyl groups is 1. The van der Waals surface area contributed by atoms with Gasteiger partial charge in [-0.3, -0.25) is 4.79 Å². The van der Waals surface area contributed by atoms with Gasteiger partial charge in [-0.1, -0.05) is 60.7 Å². The summed E-state index contributed by atoms with van der Waals surface area (Å²) in [5.41, 5.74) is 0.181. The molecule has 4 nitrogen and oxygen atoms in total. The Bertz CT molecular complexity index is 708. The highest BCUT2D eigenvalue weighted by Crippen LogP contribution is 2.31. The number of rotatable bonds is 4. The lowest BCUT2D eigenvalue weighted by Crippen LogP contribution is -2.43. The van der Waals surface area contributed by atoms with Crippen LogP contribution in [0.15, 0.2) is 60.7 Å². The summed E-state index contributed by atoms with van der Waals surface area (Å²) in [7, 11) is -4.06. The van der Waals surface area contributed by atoms with Crippen molar-refractivity contribution < 1.29 is 18.3 Å². The van der Waals surface area contributed by atoms with Crippen molar-refractivity contribution in [1.82, 2.24) is 0 Å². The molecule has 0 aliphatic carbocycles. The van der Waals surface area contributed by atoms with Crippen LogP contribution >= 0.6 is 0 Å². The number of sulfone groups is 1. The van der Waals surface area contributed by atoms with Gasteiger partial charge < -0.3 is 5.11 Å². The minimum atomic E-state index is -4.06. The van der Waals surface area contributed by atoms with Crippen LogP contribution in [0, 0.1) is 0 Å². The maximum atomic E-state index is 12.5. The molecule has 1 atom stereocenters. The fraction of sp³-hybridized carbons (Fsp3) is 0.133. The molecule has 20 heavy (non-hydrogen) atoms. The number of hydrogen-bond acceptors (Lipinski definition) is 4. The zero-order valence-corrected chi connectivity index (χ0v) is 11.7. The largest absolute Gasteiger partial charge is 0.365 e. The Morgan fingerprint density at radius 1 is 0.950 bits per heavy atom. The molecule has 2 aromatic carbocycles. The van der Waals surface area contributed by atoms with E-state index in [2.05, 4.69) is 0 Å². The van der Waals surface area contributed by atoms with Gasteiger partial charge in [0.05, 0.1) is 0 Å². The molecule has 0 fully saturated rings. The average molecular weight is 290 g/mol. The summed E-state index contributed by atoms with van der Waals surface area (Å²) in [6.45, 7) is 0. The van der Waals surface area contributed by atoms with Gasteiger partial charge in [-0.2, -0.15) is 0 Å². The Kier molecular flexibility index (Phi) is 3.74. The molecule has 0 saturated heterocycles. The molecule has 1 unspecified atom stereocenters. The first-order valence-corrected chi connectivity index (χ1v) is 7.84. The highest BCUT2D eigenvalue weighted by Gasteiger charge is 2.48. The van der Waals surface area contributed by atoms with Crippen LogP contribution in [0.25, 0.3) is 0 Å². The van der Waals surface area contributed by atoms with Gasteiger partial charge in [-0.25, -0.2) is 8.42 Å². The van der Waals surface area contributed by atoms with E-state index in [9.17, 15) is 18.3 Å². The van der Waals surface area contributed by atoms with Crippen molar-refractivity contribution >= 4 is 15.6 Å². The standard InChI is InChI=1S/C15H14O4S/c1-20(18,19)15(17,13-10-6-3-7-11-13)14(16)12-8-4-2-5-9-12/h2-11,17H,1H3. The van der Waals surface area contributed by atoms with Crippen molar-refractivity contribution in [1.29, 1.82) is 0 Å². The van der Waals surface area contributed by atoms with Crippen LogP contribution in [-0.2, 0) is 14.8 Å². The van der Waals surface area contributed by atoms with E-state index in [1.807, 2.05) is 0 Å². The zero-order valence-electron chi connectivity index (χ0n) is 10.9. The van der Waals surface area contributed by atoms with E-state index < -0.39 is 20.6 Å². The lowest BCUT2D eigenvalue weighted by molar-refractivity contribution is 0.0631.